The molecule has 0 aliphatic carbocycles. The van der Waals surface area contributed by atoms with Crippen LogP contribution in [-0.2, 0) is 13.1 Å². The Hall–Kier alpha value is -5.17. The highest BCUT2D eigenvalue weighted by molar-refractivity contribution is 6.32. The van der Waals surface area contributed by atoms with Gasteiger partial charge in [0.15, 0.2) is 0 Å². The van der Waals surface area contributed by atoms with Gasteiger partial charge in [-0.3, -0.25) is 0 Å². The quantitative estimate of drug-likeness (QED) is 0.109. The highest BCUT2D eigenvalue weighted by atomic mass is 35.5. The predicted molar refractivity (Wildman–Crippen MR) is 310 cm³/mol. The Morgan fingerprint density at radius 3 is 1.30 bits per heavy atom. The van der Waals surface area contributed by atoms with E-state index in [0.29, 0.717) is 52.3 Å². The van der Waals surface area contributed by atoms with E-state index in [1.807, 2.05) is 48.5 Å². The van der Waals surface area contributed by atoms with E-state index in [1.54, 1.807) is 0 Å². The van der Waals surface area contributed by atoms with E-state index in [9.17, 15) is 10.5 Å². The number of nitriles is 2. The average Bonchev–Trinajstić information content (AvgIpc) is 3.35. The van der Waals surface area contributed by atoms with Crippen LogP contribution in [0.5, 0.6) is 0 Å². The molecule has 5 N–H and O–H groups in total. The van der Waals surface area contributed by atoms with Crippen LogP contribution in [0.4, 0.5) is 17.2 Å². The first-order valence-corrected chi connectivity index (χ1v) is 26.8. The molecule has 13 heteroatoms. The minimum Gasteiger partial charge on any atom is -0.370 e. The van der Waals surface area contributed by atoms with Crippen molar-refractivity contribution in [3.8, 4) is 12.1 Å². The lowest BCUT2D eigenvalue weighted by Crippen LogP contribution is -2.49. The second kappa shape index (κ2) is 24.0. The summed E-state index contributed by atoms with van der Waals surface area (Å²) in [6.07, 6.45) is 4.18. The average molecular weight is 1040 g/mol. The second-order valence-electron chi connectivity index (χ2n) is 22.1. The second-order valence-corrected chi connectivity index (χ2v) is 23.3. The summed E-state index contributed by atoms with van der Waals surface area (Å²) >= 11 is 18.2. The van der Waals surface area contributed by atoms with E-state index in [0.717, 1.165) is 107 Å². The van der Waals surface area contributed by atoms with Crippen LogP contribution < -0.4 is 31.5 Å². The maximum atomic E-state index is 10.4. The zero-order valence-electron chi connectivity index (χ0n) is 45.7. The van der Waals surface area contributed by atoms with Crippen molar-refractivity contribution in [2.45, 2.75) is 159 Å². The number of hydrogen-bond donors (Lipinski definition) is 4. The van der Waals surface area contributed by atoms with E-state index in [2.05, 4.69) is 140 Å². The molecule has 2 aliphatic heterocycles. The smallest absolute Gasteiger partial charge is 0.149 e. The summed E-state index contributed by atoms with van der Waals surface area (Å²) in [7, 11) is 0. The first-order chi connectivity index (χ1) is 34.4. The van der Waals surface area contributed by atoms with Crippen LogP contribution in [-0.4, -0.2) is 59.3 Å². The fourth-order valence-electron chi connectivity index (χ4n) is 10.3. The molecule has 73 heavy (non-hydrogen) atoms. The molecule has 10 nitrogen and oxygen atoms in total. The molecular formula is C60H77Cl3N10. The van der Waals surface area contributed by atoms with E-state index in [1.165, 1.54) is 38.9 Å². The molecule has 388 valence electrons. The van der Waals surface area contributed by atoms with E-state index < -0.39 is 0 Å². The lowest BCUT2D eigenvalue weighted by molar-refractivity contribution is 0.317. The Morgan fingerprint density at radius 1 is 0.548 bits per heavy atom. The number of nitrogens with one attached hydrogen (secondary N) is 3. The molecule has 6 aromatic rings. The van der Waals surface area contributed by atoms with Gasteiger partial charge in [-0.25, -0.2) is 9.97 Å². The van der Waals surface area contributed by atoms with Gasteiger partial charge in [0.05, 0.1) is 22.4 Å². The number of halogens is 3. The number of fused-ring (bicyclic) bond motifs is 2. The van der Waals surface area contributed by atoms with Gasteiger partial charge in [-0.05, 0) is 203 Å². The van der Waals surface area contributed by atoms with Gasteiger partial charge in [-0.1, -0.05) is 59.1 Å². The van der Waals surface area contributed by atoms with Crippen molar-refractivity contribution in [1.29, 1.82) is 10.5 Å². The largest absolute Gasteiger partial charge is 0.370 e. The third-order valence-corrected chi connectivity index (χ3v) is 15.6. The van der Waals surface area contributed by atoms with Crippen molar-refractivity contribution in [1.82, 2.24) is 20.6 Å². The Bertz CT molecular complexity index is 3010. The van der Waals surface area contributed by atoms with E-state index >= 15 is 0 Å². The molecule has 0 radical (unpaired) electrons. The van der Waals surface area contributed by atoms with Gasteiger partial charge in [-0.2, -0.15) is 10.5 Å². The topological polar surface area (TPSA) is 142 Å². The molecule has 0 atom stereocenters. The number of anilines is 3. The highest BCUT2D eigenvalue weighted by Crippen LogP contribution is 2.42. The molecule has 8 rings (SSSR count). The summed E-state index contributed by atoms with van der Waals surface area (Å²) < 4.78 is 0. The summed E-state index contributed by atoms with van der Waals surface area (Å²) in [6, 6.07) is 21.1. The highest BCUT2D eigenvalue weighted by Gasteiger charge is 2.31. The van der Waals surface area contributed by atoms with E-state index in [-0.39, 0.29) is 11.1 Å². The van der Waals surface area contributed by atoms with Crippen LogP contribution in [0.3, 0.4) is 0 Å². The minimum absolute atomic E-state index is 0.0924. The molecule has 0 bridgehead atoms. The molecule has 0 spiro atoms. The molecular weight excluding hydrogens is 967 g/mol. The number of aryl methyl sites for hydroxylation is 4. The van der Waals surface area contributed by atoms with Gasteiger partial charge in [-0.15, -0.1) is 0 Å². The summed E-state index contributed by atoms with van der Waals surface area (Å²) in [5, 5.41) is 35.2. The molecule has 4 aromatic carbocycles. The van der Waals surface area contributed by atoms with Crippen LogP contribution in [0, 0.1) is 78.1 Å². The van der Waals surface area contributed by atoms with Gasteiger partial charge in [0.25, 0.3) is 0 Å². The lowest BCUT2D eigenvalue weighted by Gasteiger charge is -2.38. The number of nitrogens with two attached hydrogens (primary N) is 1. The fourth-order valence-corrected chi connectivity index (χ4v) is 10.8. The van der Waals surface area contributed by atoms with Gasteiger partial charge in [0, 0.05) is 83.2 Å². The third kappa shape index (κ3) is 13.6. The van der Waals surface area contributed by atoms with E-state index in [4.69, 9.17) is 45.5 Å². The molecule has 4 heterocycles. The maximum absolute atomic E-state index is 10.4. The number of pyridine rings is 2. The van der Waals surface area contributed by atoms with Gasteiger partial charge >= 0.3 is 0 Å². The zero-order valence-corrected chi connectivity index (χ0v) is 48.0. The van der Waals surface area contributed by atoms with Crippen molar-refractivity contribution in [2.24, 2.45) is 5.73 Å². The predicted octanol–water partition coefficient (Wildman–Crippen LogP) is 14.1. The third-order valence-electron chi connectivity index (χ3n) is 14.8. The normalized spacial score (nSPS) is 14.6. The lowest BCUT2D eigenvalue weighted by atomic mass is 9.91. The molecule has 2 aromatic heterocycles. The monoisotopic (exact) mass is 1040 g/mol. The number of aromatic nitrogens is 2. The maximum Gasteiger partial charge on any atom is 0.149 e. The SMILES string of the molecule is Cc1c(C)c(C)c2c(N3CCC(NC(C)(C)C)CC3)c(C#N)c(Cl)nc2c1C.Cc1c(C)c(C)c2c(N3CCC(NC(C)(C)C)CC3)c(C#N)c(NCc3ccc(Cl)cc3)nc2c1C.NCc1ccc(Cl)cc1. The molecule has 0 saturated carbocycles. The van der Waals surface area contributed by atoms with Gasteiger partial charge < -0.3 is 31.5 Å². The minimum atomic E-state index is 0.0924. The van der Waals surface area contributed by atoms with Crippen LogP contribution in [0.1, 0.15) is 134 Å². The Morgan fingerprint density at radius 2 is 0.918 bits per heavy atom. The van der Waals surface area contributed by atoms with Crippen molar-refractivity contribution in [3.63, 3.8) is 0 Å². The summed E-state index contributed by atoms with van der Waals surface area (Å²) in [5.41, 5.74) is 22.6. The number of hydrogen-bond acceptors (Lipinski definition) is 10. The summed E-state index contributed by atoms with van der Waals surface area (Å²) in [5.74, 6) is 0.649. The van der Waals surface area contributed by atoms with Crippen molar-refractivity contribution < 1.29 is 0 Å². The van der Waals surface area contributed by atoms with Crippen LogP contribution in [0.25, 0.3) is 21.8 Å². The Kier molecular flexibility index (Phi) is 18.8. The zero-order chi connectivity index (χ0) is 53.7. The van der Waals surface area contributed by atoms with Crippen molar-refractivity contribution in [3.05, 3.63) is 130 Å². The Balaban J connectivity index is 0.000000207. The number of piperidine rings is 2. The molecule has 2 aliphatic rings. The molecule has 0 amide bonds. The number of nitrogens with zero attached hydrogens (tertiary/aromatic N) is 6. The van der Waals surface area contributed by atoms with Gasteiger partial charge in [0.2, 0.25) is 0 Å². The number of benzene rings is 4. The van der Waals surface area contributed by atoms with Crippen LogP contribution >= 0.6 is 34.8 Å². The number of rotatable bonds is 8. The fraction of sp³-hybridized carbons (Fsp3) is 0.467. The molecule has 2 saturated heterocycles. The standard InChI is InChI=1S/C30H38ClN5.C23H31ClN4.C7H8ClN/c1-18-19(2)21(4)27-26(20(18)3)28(36-14-12-24(13-15-36)35-30(5,6)7)25(16-32)29(34-27)33-17-22-8-10-23(31)11-9-22;1-13-14(2)16(4)20-19(15(13)3)21(18(12-25)22(24)26-20)28-10-8-17(9-11-28)27-23(5,6)7;8-7-3-1-6(5-9)2-4-7/h8-11,24,35H,12-15,17H2,1-7H3,(H,33,34);17,27H,8-11H2,1-7H3;1-4H,5,9H2. The van der Waals surface area contributed by atoms with Crippen molar-refractivity contribution >= 4 is 73.8 Å². The van der Waals surface area contributed by atoms with Crippen molar-refractivity contribution in [2.75, 3.05) is 41.3 Å². The Labute approximate surface area is 451 Å². The van der Waals surface area contributed by atoms with Crippen LogP contribution in [0.15, 0.2) is 48.5 Å². The van der Waals surface area contributed by atoms with Gasteiger partial charge in [0.1, 0.15) is 34.2 Å². The molecule has 0 unspecified atom stereocenters. The summed E-state index contributed by atoms with van der Waals surface area (Å²) in [4.78, 5) is 14.5. The summed E-state index contributed by atoms with van der Waals surface area (Å²) in [6.45, 7) is 35.3. The first kappa shape index (κ1) is 57.1. The first-order valence-electron chi connectivity index (χ1n) is 25.7. The van der Waals surface area contributed by atoms with Crippen LogP contribution in [0.2, 0.25) is 15.2 Å². The molecule has 2 fully saturated rings.